The fourth-order valence-corrected chi connectivity index (χ4v) is 2.80. The Morgan fingerprint density at radius 2 is 2.22 bits per heavy atom. The molecule has 1 atom stereocenters. The molecule has 0 radical (unpaired) electrons. The topological polar surface area (TPSA) is 41.5 Å². The third-order valence-electron chi connectivity index (χ3n) is 3.68. The quantitative estimate of drug-likeness (QED) is 0.831. The molecule has 1 aliphatic carbocycles. The van der Waals surface area contributed by atoms with Crippen LogP contribution in [0.1, 0.15) is 31.4 Å². The van der Waals surface area contributed by atoms with Crippen molar-refractivity contribution in [2.45, 2.75) is 30.6 Å². The minimum absolute atomic E-state index is 0.153. The number of phenolic OH excluding ortho intramolecular Hbond substituents is 1. The molecule has 0 spiro atoms. The Hall–Kier alpha value is -0.870. The molecule has 0 bridgehead atoms. The molecule has 18 heavy (non-hydrogen) atoms. The Labute approximate surface area is 113 Å². The first kappa shape index (κ1) is 13.6. The lowest BCUT2D eigenvalue weighted by Crippen LogP contribution is -2.28. The van der Waals surface area contributed by atoms with E-state index in [-0.39, 0.29) is 6.04 Å². The van der Waals surface area contributed by atoms with Crippen molar-refractivity contribution in [3.63, 3.8) is 0 Å². The van der Waals surface area contributed by atoms with Crippen molar-refractivity contribution >= 4 is 11.8 Å². The first-order valence-electron chi connectivity index (χ1n) is 6.26. The molecule has 1 fully saturated rings. The van der Waals surface area contributed by atoms with E-state index < -0.39 is 0 Å². The molecule has 1 saturated carbocycles. The van der Waals surface area contributed by atoms with Crippen LogP contribution in [0.5, 0.6) is 11.5 Å². The van der Waals surface area contributed by atoms with Crippen LogP contribution in [0.3, 0.4) is 0 Å². The second-order valence-electron chi connectivity index (χ2n) is 4.91. The monoisotopic (exact) mass is 267 g/mol. The van der Waals surface area contributed by atoms with Crippen LogP contribution in [-0.2, 0) is 0 Å². The van der Waals surface area contributed by atoms with Gasteiger partial charge in [-0.1, -0.05) is 6.07 Å². The van der Waals surface area contributed by atoms with Crippen LogP contribution in [0.4, 0.5) is 0 Å². The summed E-state index contributed by atoms with van der Waals surface area (Å²) in [5, 5.41) is 13.5. The molecular weight excluding hydrogens is 246 g/mol. The van der Waals surface area contributed by atoms with Crippen LogP contribution >= 0.6 is 11.8 Å². The fourth-order valence-electron chi connectivity index (χ4n) is 2.06. The van der Waals surface area contributed by atoms with Gasteiger partial charge in [0, 0.05) is 29.0 Å². The third kappa shape index (κ3) is 2.93. The van der Waals surface area contributed by atoms with E-state index in [4.69, 9.17) is 4.74 Å². The van der Waals surface area contributed by atoms with Gasteiger partial charge in [-0.15, -0.1) is 0 Å². The number of ether oxygens (including phenoxy) is 1. The molecule has 0 heterocycles. The maximum Gasteiger partial charge on any atom is 0.124 e. The highest BCUT2D eigenvalue weighted by atomic mass is 32.2. The lowest BCUT2D eigenvalue weighted by molar-refractivity contribution is 0.404. The van der Waals surface area contributed by atoms with Crippen LogP contribution < -0.4 is 10.1 Å². The Morgan fingerprint density at radius 3 is 2.72 bits per heavy atom. The number of hydrogen-bond acceptors (Lipinski definition) is 4. The smallest absolute Gasteiger partial charge is 0.124 e. The molecule has 1 aromatic rings. The first-order chi connectivity index (χ1) is 8.60. The Kier molecular flexibility index (Phi) is 4.07. The Balaban J connectivity index is 1.98. The standard InChI is InChI=1S/C14H21NO2S/c1-10(15-9-14(18-3)6-7-14)12-5-4-11(17-2)8-13(12)16/h4-5,8,10,15-16H,6-7,9H2,1-3H3. The molecule has 0 amide bonds. The molecule has 3 nitrogen and oxygen atoms in total. The van der Waals surface area contributed by atoms with Gasteiger partial charge in [-0.3, -0.25) is 0 Å². The average molecular weight is 267 g/mol. The zero-order valence-corrected chi connectivity index (χ0v) is 12.0. The molecule has 1 aliphatic rings. The number of methoxy groups -OCH3 is 1. The fraction of sp³-hybridized carbons (Fsp3) is 0.571. The van der Waals surface area contributed by atoms with Crippen LogP contribution in [0.25, 0.3) is 0 Å². The van der Waals surface area contributed by atoms with Crippen LogP contribution in [-0.4, -0.2) is 29.8 Å². The molecule has 2 N–H and O–H groups in total. The second kappa shape index (κ2) is 5.41. The summed E-state index contributed by atoms with van der Waals surface area (Å²) in [7, 11) is 1.60. The van der Waals surface area contributed by atoms with E-state index in [1.165, 1.54) is 12.8 Å². The summed E-state index contributed by atoms with van der Waals surface area (Å²) in [4.78, 5) is 0. The summed E-state index contributed by atoms with van der Waals surface area (Å²) in [5.41, 5.74) is 0.924. The van der Waals surface area contributed by atoms with E-state index in [1.807, 2.05) is 23.9 Å². The number of hydrogen-bond donors (Lipinski definition) is 2. The zero-order valence-electron chi connectivity index (χ0n) is 11.2. The van der Waals surface area contributed by atoms with Crippen molar-refractivity contribution < 1.29 is 9.84 Å². The van der Waals surface area contributed by atoms with Gasteiger partial charge in [0.25, 0.3) is 0 Å². The lowest BCUT2D eigenvalue weighted by atomic mass is 10.1. The van der Waals surface area contributed by atoms with E-state index in [1.54, 1.807) is 13.2 Å². The summed E-state index contributed by atoms with van der Waals surface area (Å²) in [5.74, 6) is 0.981. The third-order valence-corrected chi connectivity index (χ3v) is 5.09. The van der Waals surface area contributed by atoms with Crippen molar-refractivity contribution in [3.05, 3.63) is 23.8 Å². The number of benzene rings is 1. The van der Waals surface area contributed by atoms with Gasteiger partial charge in [-0.25, -0.2) is 0 Å². The number of phenols is 1. The minimum Gasteiger partial charge on any atom is -0.507 e. The van der Waals surface area contributed by atoms with Crippen molar-refractivity contribution in [1.82, 2.24) is 5.32 Å². The van der Waals surface area contributed by atoms with E-state index in [9.17, 15) is 5.11 Å². The summed E-state index contributed by atoms with van der Waals surface area (Å²) < 4.78 is 5.53. The van der Waals surface area contributed by atoms with Crippen LogP contribution in [0, 0.1) is 0 Å². The molecule has 0 aromatic heterocycles. The van der Waals surface area contributed by atoms with E-state index >= 15 is 0 Å². The molecule has 100 valence electrons. The van der Waals surface area contributed by atoms with Crippen LogP contribution in [0.2, 0.25) is 0 Å². The normalized spacial score (nSPS) is 18.4. The van der Waals surface area contributed by atoms with Gasteiger partial charge in [0.15, 0.2) is 0 Å². The van der Waals surface area contributed by atoms with Crippen molar-refractivity contribution in [2.75, 3.05) is 19.9 Å². The average Bonchev–Trinajstić information content (AvgIpc) is 3.16. The zero-order chi connectivity index (χ0) is 13.2. The summed E-state index contributed by atoms with van der Waals surface area (Å²) >= 11 is 1.94. The van der Waals surface area contributed by atoms with Gasteiger partial charge in [-0.05, 0) is 32.1 Å². The van der Waals surface area contributed by atoms with Gasteiger partial charge < -0.3 is 15.2 Å². The number of nitrogens with one attached hydrogen (secondary N) is 1. The maximum atomic E-state index is 9.97. The molecule has 4 heteroatoms. The van der Waals surface area contributed by atoms with E-state index in [0.717, 1.165) is 12.1 Å². The molecular formula is C14H21NO2S. The maximum absolute atomic E-state index is 9.97. The van der Waals surface area contributed by atoms with Crippen molar-refractivity contribution in [3.8, 4) is 11.5 Å². The summed E-state index contributed by atoms with van der Waals surface area (Å²) in [6.07, 6.45) is 4.76. The highest BCUT2D eigenvalue weighted by Crippen LogP contribution is 2.46. The van der Waals surface area contributed by atoms with Gasteiger partial charge in [-0.2, -0.15) is 11.8 Å². The largest absolute Gasteiger partial charge is 0.507 e. The van der Waals surface area contributed by atoms with Gasteiger partial charge in [0.05, 0.1) is 7.11 Å². The second-order valence-corrected chi connectivity index (χ2v) is 6.19. The molecule has 0 saturated heterocycles. The Morgan fingerprint density at radius 1 is 1.50 bits per heavy atom. The first-order valence-corrected chi connectivity index (χ1v) is 7.48. The predicted molar refractivity (Wildman–Crippen MR) is 76.6 cm³/mol. The number of thioether (sulfide) groups is 1. The lowest BCUT2D eigenvalue weighted by Gasteiger charge is -2.20. The molecule has 1 aromatic carbocycles. The van der Waals surface area contributed by atoms with Gasteiger partial charge >= 0.3 is 0 Å². The summed E-state index contributed by atoms with van der Waals surface area (Å²) in [6, 6.07) is 5.62. The number of rotatable bonds is 6. The molecule has 2 rings (SSSR count). The van der Waals surface area contributed by atoms with Gasteiger partial charge in [0.2, 0.25) is 0 Å². The van der Waals surface area contributed by atoms with E-state index in [2.05, 4.69) is 18.5 Å². The highest BCUT2D eigenvalue weighted by molar-refractivity contribution is 8.00. The van der Waals surface area contributed by atoms with Crippen LogP contribution in [0.15, 0.2) is 18.2 Å². The molecule has 0 aliphatic heterocycles. The number of aromatic hydroxyl groups is 1. The van der Waals surface area contributed by atoms with Gasteiger partial charge in [0.1, 0.15) is 11.5 Å². The van der Waals surface area contributed by atoms with E-state index in [0.29, 0.717) is 16.2 Å². The Bertz CT molecular complexity index is 418. The molecule has 1 unspecified atom stereocenters. The SMILES string of the molecule is COc1ccc(C(C)NCC2(SC)CC2)c(O)c1. The summed E-state index contributed by atoms with van der Waals surface area (Å²) in [6.45, 7) is 3.08. The van der Waals surface area contributed by atoms with Crippen molar-refractivity contribution in [2.24, 2.45) is 0 Å². The van der Waals surface area contributed by atoms with Crippen molar-refractivity contribution in [1.29, 1.82) is 0 Å². The predicted octanol–water partition coefficient (Wildman–Crippen LogP) is 2.95. The highest BCUT2D eigenvalue weighted by Gasteiger charge is 2.41. The minimum atomic E-state index is 0.153.